The van der Waals surface area contributed by atoms with Crippen molar-refractivity contribution in [2.45, 2.75) is 0 Å². The highest BCUT2D eigenvalue weighted by molar-refractivity contribution is 7.21. The fourth-order valence-corrected chi connectivity index (χ4v) is 5.53. The highest BCUT2D eigenvalue weighted by atomic mass is 35.5. The summed E-state index contributed by atoms with van der Waals surface area (Å²) in [4.78, 5) is 29.8. The third kappa shape index (κ3) is 4.97. The van der Waals surface area contributed by atoms with Gasteiger partial charge >= 0.3 is 0 Å². The van der Waals surface area contributed by atoms with E-state index in [9.17, 15) is 9.59 Å². The van der Waals surface area contributed by atoms with Gasteiger partial charge in [-0.25, -0.2) is 0 Å². The Bertz CT molecular complexity index is 1180. The third-order valence-corrected chi connectivity index (χ3v) is 7.36. The first-order valence-corrected chi connectivity index (χ1v) is 11.8. The fraction of sp³-hybridized carbons (Fsp3) is 0.273. The summed E-state index contributed by atoms with van der Waals surface area (Å²) in [7, 11) is 1.53. The third-order valence-electron chi connectivity index (χ3n) is 5.25. The number of carbonyl (C=O) groups is 2. The summed E-state index contributed by atoms with van der Waals surface area (Å²) in [5.74, 6) is 0.273. The van der Waals surface area contributed by atoms with E-state index >= 15 is 0 Å². The molecule has 32 heavy (non-hydrogen) atoms. The molecule has 0 aliphatic carbocycles. The minimum Gasteiger partial charge on any atom is -0.495 e. The summed E-state index contributed by atoms with van der Waals surface area (Å²) in [6, 6.07) is 10.5. The number of nitrogens with one attached hydrogen (secondary N) is 1. The number of halogens is 3. The molecule has 1 saturated heterocycles. The van der Waals surface area contributed by atoms with E-state index in [1.165, 1.54) is 18.4 Å². The highest BCUT2D eigenvalue weighted by Crippen LogP contribution is 2.37. The van der Waals surface area contributed by atoms with E-state index in [-0.39, 0.29) is 18.4 Å². The summed E-state index contributed by atoms with van der Waals surface area (Å²) in [6.45, 7) is 2.40. The van der Waals surface area contributed by atoms with Gasteiger partial charge in [0.1, 0.15) is 10.6 Å². The number of hydrogen-bond acceptors (Lipinski definition) is 5. The molecular formula is C22H20Cl3N3O3S. The van der Waals surface area contributed by atoms with E-state index in [1.54, 1.807) is 29.2 Å². The fourth-order valence-electron chi connectivity index (χ4n) is 3.60. The molecule has 0 saturated carbocycles. The average Bonchev–Trinajstić information content (AvgIpc) is 3.09. The zero-order valence-electron chi connectivity index (χ0n) is 17.2. The molecule has 1 fully saturated rings. The molecule has 3 aromatic rings. The Morgan fingerprint density at radius 3 is 2.44 bits per heavy atom. The number of carbonyl (C=O) groups excluding carboxylic acids is 2. The maximum Gasteiger partial charge on any atom is 0.265 e. The van der Waals surface area contributed by atoms with Gasteiger partial charge in [0, 0.05) is 46.3 Å². The number of amides is 2. The normalized spacial score (nSPS) is 14.6. The first-order chi connectivity index (χ1) is 15.4. The number of hydrogen-bond donors (Lipinski definition) is 1. The number of nitrogens with zero attached hydrogens (tertiary/aromatic N) is 2. The van der Waals surface area contributed by atoms with E-state index in [0.29, 0.717) is 57.6 Å². The Hall–Kier alpha value is -2.03. The molecule has 1 N–H and O–H groups in total. The topological polar surface area (TPSA) is 61.9 Å². The van der Waals surface area contributed by atoms with Crippen molar-refractivity contribution in [3.05, 3.63) is 56.3 Å². The van der Waals surface area contributed by atoms with Crippen LogP contribution in [0.5, 0.6) is 5.75 Å². The molecule has 10 heteroatoms. The van der Waals surface area contributed by atoms with Gasteiger partial charge in [-0.1, -0.05) is 40.9 Å². The number of methoxy groups -OCH3 is 1. The van der Waals surface area contributed by atoms with Crippen molar-refractivity contribution in [1.82, 2.24) is 9.80 Å². The zero-order valence-corrected chi connectivity index (χ0v) is 20.2. The van der Waals surface area contributed by atoms with Crippen molar-refractivity contribution < 1.29 is 14.3 Å². The van der Waals surface area contributed by atoms with Crippen LogP contribution in [-0.2, 0) is 4.79 Å². The van der Waals surface area contributed by atoms with Gasteiger partial charge in [0.25, 0.3) is 5.91 Å². The van der Waals surface area contributed by atoms with E-state index < -0.39 is 0 Å². The van der Waals surface area contributed by atoms with Crippen LogP contribution in [0.1, 0.15) is 9.67 Å². The molecule has 6 nitrogen and oxygen atoms in total. The number of piperazine rings is 1. The molecule has 1 aliphatic rings. The molecule has 2 heterocycles. The average molecular weight is 513 g/mol. The molecule has 1 aromatic heterocycles. The van der Waals surface area contributed by atoms with Crippen LogP contribution in [0.15, 0.2) is 36.4 Å². The number of ether oxygens (including phenoxy) is 1. The lowest BCUT2D eigenvalue weighted by Crippen LogP contribution is -2.50. The van der Waals surface area contributed by atoms with Gasteiger partial charge in [0.05, 0.1) is 24.4 Å². The smallest absolute Gasteiger partial charge is 0.265 e. The molecule has 2 aromatic carbocycles. The molecule has 0 spiro atoms. The van der Waals surface area contributed by atoms with Crippen molar-refractivity contribution in [1.29, 1.82) is 0 Å². The molecule has 4 rings (SSSR count). The number of rotatable bonds is 5. The SMILES string of the molecule is COc1ccc(Cl)cc1NC(=O)CN1CCN(C(=O)c2sc3cc(Cl)ccc3c2Cl)CC1. The molecule has 0 atom stereocenters. The van der Waals surface area contributed by atoms with Gasteiger partial charge in [0.2, 0.25) is 5.91 Å². The van der Waals surface area contributed by atoms with E-state index in [0.717, 1.165) is 10.1 Å². The van der Waals surface area contributed by atoms with Crippen LogP contribution >= 0.6 is 46.1 Å². The lowest BCUT2D eigenvalue weighted by atomic mass is 10.2. The van der Waals surface area contributed by atoms with Gasteiger partial charge in [-0.15, -0.1) is 11.3 Å². The molecule has 168 valence electrons. The Morgan fingerprint density at radius 1 is 1.03 bits per heavy atom. The van der Waals surface area contributed by atoms with Crippen molar-refractivity contribution in [3.63, 3.8) is 0 Å². The minimum absolute atomic E-state index is 0.0971. The second kappa shape index (κ2) is 9.85. The molecule has 0 radical (unpaired) electrons. The molecule has 2 amide bonds. The molecule has 0 bridgehead atoms. The van der Waals surface area contributed by atoms with E-state index in [1.807, 2.05) is 17.0 Å². The first-order valence-electron chi connectivity index (χ1n) is 9.88. The van der Waals surface area contributed by atoms with Crippen LogP contribution in [0, 0.1) is 0 Å². The summed E-state index contributed by atoms with van der Waals surface area (Å²) in [6.07, 6.45) is 0. The number of anilines is 1. The van der Waals surface area contributed by atoms with Crippen LogP contribution in [-0.4, -0.2) is 61.4 Å². The number of fused-ring (bicyclic) bond motifs is 1. The Balaban J connectivity index is 1.35. The summed E-state index contributed by atoms with van der Waals surface area (Å²) in [5, 5.41) is 5.25. The molecule has 1 aliphatic heterocycles. The second-order valence-corrected chi connectivity index (χ2v) is 9.65. The summed E-state index contributed by atoms with van der Waals surface area (Å²) in [5.41, 5.74) is 0.526. The molecular weight excluding hydrogens is 493 g/mol. The van der Waals surface area contributed by atoms with Gasteiger partial charge < -0.3 is 15.0 Å². The number of thiophene rings is 1. The maximum atomic E-state index is 13.0. The Labute approximate surface area is 204 Å². The van der Waals surface area contributed by atoms with Crippen molar-refractivity contribution in [2.24, 2.45) is 0 Å². The van der Waals surface area contributed by atoms with E-state index in [2.05, 4.69) is 5.32 Å². The monoisotopic (exact) mass is 511 g/mol. The Morgan fingerprint density at radius 2 is 1.72 bits per heavy atom. The van der Waals surface area contributed by atoms with Crippen LogP contribution in [0.3, 0.4) is 0 Å². The predicted molar refractivity (Wildman–Crippen MR) is 131 cm³/mol. The van der Waals surface area contributed by atoms with Crippen LogP contribution in [0.2, 0.25) is 15.1 Å². The van der Waals surface area contributed by atoms with Gasteiger partial charge in [0.15, 0.2) is 0 Å². The van der Waals surface area contributed by atoms with Crippen molar-refractivity contribution >= 4 is 73.7 Å². The second-order valence-electron chi connectivity index (χ2n) is 7.35. The van der Waals surface area contributed by atoms with Crippen LogP contribution in [0.25, 0.3) is 10.1 Å². The maximum absolute atomic E-state index is 13.0. The standard InChI is InChI=1S/C22H20Cl3N3O3S/c1-31-17-5-3-13(23)10-16(17)26-19(29)12-27-6-8-28(9-7-27)22(30)21-20(25)15-4-2-14(24)11-18(15)32-21/h2-5,10-11H,6-9,12H2,1H3,(H,26,29). The Kier molecular flexibility index (Phi) is 7.12. The van der Waals surface area contributed by atoms with Gasteiger partial charge in [-0.3, -0.25) is 14.5 Å². The zero-order chi connectivity index (χ0) is 22.8. The summed E-state index contributed by atoms with van der Waals surface area (Å²) >= 11 is 19.9. The molecule has 0 unspecified atom stereocenters. The van der Waals surface area contributed by atoms with Crippen molar-refractivity contribution in [2.75, 3.05) is 45.2 Å². The quantitative estimate of drug-likeness (QED) is 0.506. The van der Waals surface area contributed by atoms with Crippen LogP contribution < -0.4 is 10.1 Å². The largest absolute Gasteiger partial charge is 0.495 e. The summed E-state index contributed by atoms with van der Waals surface area (Å²) < 4.78 is 6.15. The van der Waals surface area contributed by atoms with Crippen molar-refractivity contribution in [3.8, 4) is 5.75 Å². The highest BCUT2D eigenvalue weighted by Gasteiger charge is 2.27. The number of benzene rings is 2. The van der Waals surface area contributed by atoms with Gasteiger partial charge in [-0.2, -0.15) is 0 Å². The lowest BCUT2D eigenvalue weighted by Gasteiger charge is -2.34. The minimum atomic E-state index is -0.172. The lowest BCUT2D eigenvalue weighted by molar-refractivity contribution is -0.117. The van der Waals surface area contributed by atoms with E-state index in [4.69, 9.17) is 39.5 Å². The predicted octanol–water partition coefficient (Wildman–Crippen LogP) is 5.27. The van der Waals surface area contributed by atoms with Crippen LogP contribution in [0.4, 0.5) is 5.69 Å². The first kappa shape index (κ1) is 23.1. The van der Waals surface area contributed by atoms with Gasteiger partial charge in [-0.05, 0) is 30.3 Å².